The number of nitrogens with one attached hydrogen (secondary N) is 1. The van der Waals surface area contributed by atoms with Gasteiger partial charge in [0.05, 0.1) is 16.7 Å². The number of anilines is 1. The fourth-order valence-corrected chi connectivity index (χ4v) is 2.23. The van der Waals surface area contributed by atoms with Gasteiger partial charge >= 0.3 is 0 Å². The van der Waals surface area contributed by atoms with Gasteiger partial charge in [-0.25, -0.2) is 14.4 Å². The molecule has 0 amide bonds. The van der Waals surface area contributed by atoms with Gasteiger partial charge in [-0.15, -0.1) is 0 Å². The molecule has 0 aliphatic rings. The number of benzene rings is 2. The molecule has 0 aliphatic heterocycles. The largest absolute Gasteiger partial charge is 0.368 e. The van der Waals surface area contributed by atoms with E-state index in [0.717, 1.165) is 41.1 Å². The van der Waals surface area contributed by atoms with E-state index in [-0.39, 0.29) is 5.82 Å². The Bertz CT molecular complexity index is 754. The maximum Gasteiger partial charge on any atom is 0.148 e. The van der Waals surface area contributed by atoms with Crippen LogP contribution in [0.15, 0.2) is 48.5 Å². The summed E-state index contributed by atoms with van der Waals surface area (Å²) < 4.78 is 12.8. The van der Waals surface area contributed by atoms with Gasteiger partial charge in [0, 0.05) is 6.54 Å². The lowest BCUT2D eigenvalue weighted by atomic mass is 10.1. The zero-order chi connectivity index (χ0) is 14.7. The Labute approximate surface area is 122 Å². The van der Waals surface area contributed by atoms with Gasteiger partial charge < -0.3 is 5.32 Å². The van der Waals surface area contributed by atoms with Crippen LogP contribution < -0.4 is 5.32 Å². The third-order valence-electron chi connectivity index (χ3n) is 3.36. The monoisotopic (exact) mass is 281 g/mol. The Balaban J connectivity index is 1.70. The van der Waals surface area contributed by atoms with E-state index in [1.54, 1.807) is 12.1 Å². The minimum Gasteiger partial charge on any atom is -0.368 e. The molecule has 0 saturated carbocycles. The molecule has 106 valence electrons. The molecule has 3 aromatic rings. The molecule has 0 atom stereocenters. The highest BCUT2D eigenvalue weighted by atomic mass is 19.1. The van der Waals surface area contributed by atoms with Crippen LogP contribution in [0.3, 0.4) is 0 Å². The van der Waals surface area contributed by atoms with E-state index in [2.05, 4.69) is 15.3 Å². The summed E-state index contributed by atoms with van der Waals surface area (Å²) in [5, 5.41) is 3.30. The molecule has 1 N–H and O–H groups in total. The van der Waals surface area contributed by atoms with Crippen molar-refractivity contribution >= 4 is 16.9 Å². The van der Waals surface area contributed by atoms with E-state index in [1.807, 2.05) is 31.2 Å². The van der Waals surface area contributed by atoms with Crippen LogP contribution in [-0.2, 0) is 6.42 Å². The van der Waals surface area contributed by atoms with Crippen molar-refractivity contribution in [1.29, 1.82) is 0 Å². The molecular weight excluding hydrogens is 265 g/mol. The van der Waals surface area contributed by atoms with Crippen molar-refractivity contribution in [2.24, 2.45) is 0 Å². The zero-order valence-corrected chi connectivity index (χ0v) is 11.8. The number of hydrogen-bond donors (Lipinski definition) is 1. The Kier molecular flexibility index (Phi) is 3.77. The van der Waals surface area contributed by atoms with Crippen LogP contribution in [0.2, 0.25) is 0 Å². The van der Waals surface area contributed by atoms with Crippen molar-refractivity contribution < 1.29 is 4.39 Å². The van der Waals surface area contributed by atoms with E-state index in [9.17, 15) is 4.39 Å². The summed E-state index contributed by atoms with van der Waals surface area (Å²) in [4.78, 5) is 9.12. The molecule has 21 heavy (non-hydrogen) atoms. The molecule has 0 unspecified atom stereocenters. The molecular formula is C17H16FN3. The summed E-state index contributed by atoms with van der Waals surface area (Å²) in [5.41, 5.74) is 3.76. The third-order valence-corrected chi connectivity index (χ3v) is 3.36. The van der Waals surface area contributed by atoms with Gasteiger partial charge in [0.1, 0.15) is 11.6 Å². The number of nitrogens with zero attached hydrogens (tertiary/aromatic N) is 2. The average molecular weight is 281 g/mol. The lowest BCUT2D eigenvalue weighted by molar-refractivity contribution is 0.627. The maximum absolute atomic E-state index is 12.8. The first kappa shape index (κ1) is 13.5. The number of aromatic nitrogens is 2. The van der Waals surface area contributed by atoms with Gasteiger partial charge in [0.25, 0.3) is 0 Å². The SMILES string of the molecule is Cc1nc2ccccc2nc1NCCc1ccc(F)cc1. The highest BCUT2D eigenvalue weighted by Gasteiger charge is 2.04. The van der Waals surface area contributed by atoms with E-state index < -0.39 is 0 Å². The van der Waals surface area contributed by atoms with Gasteiger partial charge in [0.2, 0.25) is 0 Å². The van der Waals surface area contributed by atoms with Crippen molar-refractivity contribution in [3.05, 3.63) is 65.6 Å². The second-order valence-corrected chi connectivity index (χ2v) is 4.95. The second-order valence-electron chi connectivity index (χ2n) is 4.95. The minimum absolute atomic E-state index is 0.206. The van der Waals surface area contributed by atoms with Crippen molar-refractivity contribution in [2.75, 3.05) is 11.9 Å². The lowest BCUT2D eigenvalue weighted by Crippen LogP contribution is -2.08. The predicted octanol–water partition coefficient (Wildman–Crippen LogP) is 3.73. The highest BCUT2D eigenvalue weighted by Crippen LogP contribution is 2.16. The highest BCUT2D eigenvalue weighted by molar-refractivity contribution is 5.76. The predicted molar refractivity (Wildman–Crippen MR) is 82.9 cm³/mol. The van der Waals surface area contributed by atoms with Gasteiger partial charge in [-0.05, 0) is 43.2 Å². The molecule has 0 spiro atoms. The summed E-state index contributed by atoms with van der Waals surface area (Å²) in [5.74, 6) is 0.596. The van der Waals surface area contributed by atoms with E-state index in [4.69, 9.17) is 0 Å². The van der Waals surface area contributed by atoms with Crippen LogP contribution in [-0.4, -0.2) is 16.5 Å². The summed E-state index contributed by atoms with van der Waals surface area (Å²) >= 11 is 0. The molecule has 3 rings (SSSR count). The second kappa shape index (κ2) is 5.87. The normalized spacial score (nSPS) is 10.8. The molecule has 0 aliphatic carbocycles. The summed E-state index contributed by atoms with van der Waals surface area (Å²) in [6.07, 6.45) is 0.814. The summed E-state index contributed by atoms with van der Waals surface area (Å²) in [6, 6.07) is 14.4. The van der Waals surface area contributed by atoms with Crippen LogP contribution in [0.25, 0.3) is 11.0 Å². The first-order valence-corrected chi connectivity index (χ1v) is 6.94. The standard InChI is InChI=1S/C17H16FN3/c1-12-17(21-16-5-3-2-4-15(16)20-12)19-11-10-13-6-8-14(18)9-7-13/h2-9H,10-11H2,1H3,(H,19,21). The van der Waals surface area contributed by atoms with Crippen LogP contribution >= 0.6 is 0 Å². The van der Waals surface area contributed by atoms with Gasteiger partial charge in [-0.1, -0.05) is 24.3 Å². The zero-order valence-electron chi connectivity index (χ0n) is 11.8. The van der Waals surface area contributed by atoms with Gasteiger partial charge in [-0.2, -0.15) is 0 Å². The maximum atomic E-state index is 12.8. The minimum atomic E-state index is -0.206. The first-order chi connectivity index (χ1) is 10.2. The first-order valence-electron chi connectivity index (χ1n) is 6.94. The number of halogens is 1. The lowest BCUT2D eigenvalue weighted by Gasteiger charge is -2.09. The quantitative estimate of drug-likeness (QED) is 0.791. The number of rotatable bonds is 4. The van der Waals surface area contributed by atoms with Crippen molar-refractivity contribution in [3.8, 4) is 0 Å². The molecule has 3 nitrogen and oxygen atoms in total. The smallest absolute Gasteiger partial charge is 0.148 e. The van der Waals surface area contributed by atoms with E-state index >= 15 is 0 Å². The Morgan fingerprint density at radius 2 is 1.62 bits per heavy atom. The van der Waals surface area contributed by atoms with E-state index in [1.165, 1.54) is 12.1 Å². The molecule has 1 heterocycles. The summed E-state index contributed by atoms with van der Waals surface area (Å²) in [6.45, 7) is 2.68. The average Bonchev–Trinajstić information content (AvgIpc) is 2.50. The Hall–Kier alpha value is -2.49. The third kappa shape index (κ3) is 3.16. The van der Waals surface area contributed by atoms with Gasteiger partial charge in [0.15, 0.2) is 0 Å². The number of aryl methyl sites for hydroxylation is 1. The molecule has 4 heteroatoms. The number of fused-ring (bicyclic) bond motifs is 1. The van der Waals surface area contributed by atoms with Crippen molar-refractivity contribution in [3.63, 3.8) is 0 Å². The fourth-order valence-electron chi connectivity index (χ4n) is 2.23. The molecule has 2 aromatic carbocycles. The van der Waals surface area contributed by atoms with Crippen LogP contribution in [0.4, 0.5) is 10.2 Å². The fraction of sp³-hybridized carbons (Fsp3) is 0.176. The van der Waals surface area contributed by atoms with Crippen molar-refractivity contribution in [1.82, 2.24) is 9.97 Å². The molecule has 0 saturated heterocycles. The Morgan fingerprint density at radius 1 is 0.952 bits per heavy atom. The van der Waals surface area contributed by atoms with E-state index in [0.29, 0.717) is 0 Å². The molecule has 1 aromatic heterocycles. The van der Waals surface area contributed by atoms with Crippen LogP contribution in [0, 0.1) is 12.7 Å². The molecule has 0 bridgehead atoms. The number of hydrogen-bond acceptors (Lipinski definition) is 3. The summed E-state index contributed by atoms with van der Waals surface area (Å²) in [7, 11) is 0. The molecule has 0 fully saturated rings. The van der Waals surface area contributed by atoms with Gasteiger partial charge in [-0.3, -0.25) is 0 Å². The Morgan fingerprint density at radius 3 is 2.33 bits per heavy atom. The molecule has 0 radical (unpaired) electrons. The topological polar surface area (TPSA) is 37.8 Å². The van der Waals surface area contributed by atoms with Crippen LogP contribution in [0.5, 0.6) is 0 Å². The number of para-hydroxylation sites is 2. The van der Waals surface area contributed by atoms with Crippen molar-refractivity contribution in [2.45, 2.75) is 13.3 Å². The van der Waals surface area contributed by atoms with Crippen LogP contribution in [0.1, 0.15) is 11.3 Å².